The van der Waals surface area contributed by atoms with E-state index in [0.717, 1.165) is 96.6 Å². The molecule has 0 saturated carbocycles. The molecule has 0 aliphatic carbocycles. The zero-order valence-electron chi connectivity index (χ0n) is 34.1. The Bertz CT molecular complexity index is 701. The maximum Gasteiger partial charge on any atom is 0.306 e. The largest absolute Gasteiger partial charge is 0.462 e. The summed E-state index contributed by atoms with van der Waals surface area (Å²) in [5.41, 5.74) is 0. The molecule has 0 radical (unpaired) electrons. The van der Waals surface area contributed by atoms with Gasteiger partial charge in [-0.15, -0.1) is 0 Å². The van der Waals surface area contributed by atoms with Crippen LogP contribution in [0, 0.1) is 0 Å². The van der Waals surface area contributed by atoms with Crippen LogP contribution < -0.4 is 0 Å². The molecule has 0 aliphatic heterocycles. The predicted molar refractivity (Wildman–Crippen MR) is 214 cm³/mol. The maximum atomic E-state index is 12.7. The van der Waals surface area contributed by atoms with Crippen molar-refractivity contribution in [1.82, 2.24) is 4.90 Å². The van der Waals surface area contributed by atoms with Crippen molar-refractivity contribution >= 4 is 11.9 Å². The number of hydrogen-bond donors (Lipinski definition) is 1. The van der Waals surface area contributed by atoms with Gasteiger partial charge in [0.25, 0.3) is 0 Å². The number of esters is 2. The van der Waals surface area contributed by atoms with Crippen LogP contribution in [0.25, 0.3) is 0 Å². The molecule has 0 amide bonds. The smallest absolute Gasteiger partial charge is 0.306 e. The topological polar surface area (TPSA) is 76.1 Å². The van der Waals surface area contributed by atoms with Gasteiger partial charge in [-0.25, -0.2) is 0 Å². The molecule has 298 valence electrons. The molecular weight excluding hydrogens is 622 g/mol. The lowest BCUT2D eigenvalue weighted by Crippen LogP contribution is -2.29. The van der Waals surface area contributed by atoms with Gasteiger partial charge in [0.05, 0.1) is 6.61 Å². The molecule has 1 unspecified atom stereocenters. The van der Waals surface area contributed by atoms with Crippen molar-refractivity contribution in [1.29, 1.82) is 0 Å². The van der Waals surface area contributed by atoms with E-state index < -0.39 is 0 Å². The van der Waals surface area contributed by atoms with E-state index in [1.165, 1.54) is 109 Å². The Balaban J connectivity index is 4.19. The van der Waals surface area contributed by atoms with Crippen LogP contribution in [0.1, 0.15) is 233 Å². The predicted octanol–water partition coefficient (Wildman–Crippen LogP) is 12.7. The Morgan fingerprint density at radius 1 is 0.420 bits per heavy atom. The van der Waals surface area contributed by atoms with E-state index in [2.05, 4.69) is 32.6 Å². The molecule has 0 bridgehead atoms. The molecule has 0 fully saturated rings. The van der Waals surface area contributed by atoms with Crippen LogP contribution in [0.4, 0.5) is 0 Å². The van der Waals surface area contributed by atoms with Gasteiger partial charge in [0.15, 0.2) is 0 Å². The molecule has 0 aromatic heterocycles. The van der Waals surface area contributed by atoms with Crippen molar-refractivity contribution in [3.8, 4) is 0 Å². The molecule has 50 heavy (non-hydrogen) atoms. The molecule has 0 heterocycles. The van der Waals surface area contributed by atoms with E-state index in [1.54, 1.807) is 0 Å². The molecule has 1 N–H and O–H groups in total. The number of rotatable bonds is 40. The second kappa shape index (κ2) is 39.1. The van der Waals surface area contributed by atoms with Gasteiger partial charge < -0.3 is 19.5 Å². The number of carbonyl (C=O) groups is 2. The quantitative estimate of drug-likeness (QED) is 0.0504. The lowest BCUT2D eigenvalue weighted by atomic mass is 10.0. The van der Waals surface area contributed by atoms with Gasteiger partial charge >= 0.3 is 11.9 Å². The van der Waals surface area contributed by atoms with Gasteiger partial charge in [0.1, 0.15) is 12.2 Å². The lowest BCUT2D eigenvalue weighted by molar-refractivity contribution is -0.151. The van der Waals surface area contributed by atoms with Gasteiger partial charge in [-0.3, -0.25) is 9.59 Å². The highest BCUT2D eigenvalue weighted by Crippen LogP contribution is 2.19. The number of hydrogen-bond acceptors (Lipinski definition) is 6. The van der Waals surface area contributed by atoms with Crippen LogP contribution in [0.5, 0.6) is 0 Å². The van der Waals surface area contributed by atoms with E-state index in [-0.39, 0.29) is 30.8 Å². The number of aliphatic hydroxyl groups is 1. The highest BCUT2D eigenvalue weighted by atomic mass is 16.5. The van der Waals surface area contributed by atoms with E-state index in [0.29, 0.717) is 19.4 Å². The van der Waals surface area contributed by atoms with E-state index in [1.807, 2.05) is 0 Å². The fourth-order valence-corrected chi connectivity index (χ4v) is 7.01. The van der Waals surface area contributed by atoms with Crippen LogP contribution in [-0.4, -0.2) is 60.4 Å². The first kappa shape index (κ1) is 48.9. The summed E-state index contributed by atoms with van der Waals surface area (Å²) in [5, 5.41) is 9.57. The van der Waals surface area contributed by atoms with Crippen molar-refractivity contribution in [3.63, 3.8) is 0 Å². The van der Waals surface area contributed by atoms with Crippen LogP contribution in [0.2, 0.25) is 0 Å². The van der Waals surface area contributed by atoms with Gasteiger partial charge in [-0.1, -0.05) is 150 Å². The highest BCUT2D eigenvalue weighted by molar-refractivity contribution is 5.69. The summed E-state index contributed by atoms with van der Waals surface area (Å²) >= 11 is 0. The van der Waals surface area contributed by atoms with E-state index in [9.17, 15) is 14.7 Å². The van der Waals surface area contributed by atoms with Gasteiger partial charge in [-0.2, -0.15) is 0 Å². The van der Waals surface area contributed by atoms with Gasteiger partial charge in [0, 0.05) is 19.4 Å². The second-order valence-corrected chi connectivity index (χ2v) is 15.2. The molecule has 6 heteroatoms. The molecule has 0 aromatic rings. The third kappa shape index (κ3) is 34.0. The number of unbranched alkanes of at least 4 members (excludes halogenated alkanes) is 20. The maximum absolute atomic E-state index is 12.7. The lowest BCUT2D eigenvalue weighted by Gasteiger charge is -2.21. The molecule has 1 atom stereocenters. The van der Waals surface area contributed by atoms with Crippen molar-refractivity contribution in [3.05, 3.63) is 0 Å². The average molecular weight is 710 g/mol. The van der Waals surface area contributed by atoms with Crippen LogP contribution in [0.15, 0.2) is 0 Å². The third-order valence-electron chi connectivity index (χ3n) is 10.2. The highest BCUT2D eigenvalue weighted by Gasteiger charge is 2.15. The fourth-order valence-electron chi connectivity index (χ4n) is 7.01. The number of ether oxygens (including phenoxy) is 2. The fraction of sp³-hybridized carbons (Fsp3) is 0.955. The third-order valence-corrected chi connectivity index (χ3v) is 10.2. The van der Waals surface area contributed by atoms with Crippen molar-refractivity contribution in [2.45, 2.75) is 245 Å². The zero-order chi connectivity index (χ0) is 36.8. The summed E-state index contributed by atoms with van der Waals surface area (Å²) in [7, 11) is 0. The minimum atomic E-state index is -0.0434. The van der Waals surface area contributed by atoms with Crippen molar-refractivity contribution in [2.75, 3.05) is 26.2 Å². The minimum absolute atomic E-state index is 0.00339. The van der Waals surface area contributed by atoms with Gasteiger partial charge in [0.2, 0.25) is 0 Å². The summed E-state index contributed by atoms with van der Waals surface area (Å²) in [4.78, 5) is 27.6. The van der Waals surface area contributed by atoms with Crippen molar-refractivity contribution < 1.29 is 24.2 Å². The Labute approximate surface area is 312 Å². The molecular formula is C44H87NO5. The van der Waals surface area contributed by atoms with Crippen LogP contribution in [0.3, 0.4) is 0 Å². The first-order valence-corrected chi connectivity index (χ1v) is 22.2. The number of aliphatic hydroxyl groups excluding tert-OH is 1. The standard InChI is InChI=1S/C44H87NO5/c1-5-9-12-15-19-24-32-41(31-8-4)49-44(48)36-28-30-38-45(39-40-46)37-29-23-18-22-27-35-43(47)50-42(33-25-20-16-13-10-6-2)34-26-21-17-14-11-7-3/h41-42,46H,5-40H2,1-4H3. The normalized spacial score (nSPS) is 12.2. The average Bonchev–Trinajstić information content (AvgIpc) is 3.10. The molecule has 6 nitrogen and oxygen atoms in total. The number of nitrogens with zero attached hydrogens (tertiary/aromatic N) is 1. The van der Waals surface area contributed by atoms with E-state index >= 15 is 0 Å². The summed E-state index contributed by atoms with van der Waals surface area (Å²) in [6.45, 7) is 11.7. The van der Waals surface area contributed by atoms with E-state index in [4.69, 9.17) is 9.47 Å². The number of carbonyl (C=O) groups excluding carboxylic acids is 2. The van der Waals surface area contributed by atoms with Crippen LogP contribution in [-0.2, 0) is 19.1 Å². The van der Waals surface area contributed by atoms with Crippen molar-refractivity contribution in [2.24, 2.45) is 0 Å². The monoisotopic (exact) mass is 710 g/mol. The first-order valence-electron chi connectivity index (χ1n) is 22.2. The Morgan fingerprint density at radius 2 is 0.760 bits per heavy atom. The molecule has 0 rings (SSSR count). The first-order chi connectivity index (χ1) is 24.5. The van der Waals surface area contributed by atoms with Gasteiger partial charge in [-0.05, 0) is 83.7 Å². The summed E-state index contributed by atoms with van der Waals surface area (Å²) in [6, 6.07) is 0. The Kier molecular flexibility index (Phi) is 38.2. The summed E-state index contributed by atoms with van der Waals surface area (Å²) < 4.78 is 11.9. The molecule has 0 aromatic carbocycles. The van der Waals surface area contributed by atoms with Crippen LogP contribution >= 0.6 is 0 Å². The molecule has 0 aliphatic rings. The molecule has 0 spiro atoms. The summed E-state index contributed by atoms with van der Waals surface area (Å²) in [6.07, 6.45) is 36.4. The Hall–Kier alpha value is -1.14. The minimum Gasteiger partial charge on any atom is -0.462 e. The Morgan fingerprint density at radius 3 is 1.18 bits per heavy atom. The SMILES string of the molecule is CCCCCCCCC(CCC)OC(=O)CCCCN(CCO)CCCCCCCC(=O)OC(CCCCCCCC)CCCCCCCC. The molecule has 0 saturated heterocycles. The zero-order valence-corrected chi connectivity index (χ0v) is 34.1. The summed E-state index contributed by atoms with van der Waals surface area (Å²) in [5.74, 6) is -0.0400. The second-order valence-electron chi connectivity index (χ2n) is 15.2.